The molecule has 6 nitrogen and oxygen atoms in total. The topological polar surface area (TPSA) is 73.9 Å². The van der Waals surface area contributed by atoms with Gasteiger partial charge in [0.15, 0.2) is 5.78 Å². The maximum absolute atomic E-state index is 13.0. The predicted octanol–water partition coefficient (Wildman–Crippen LogP) is 4.26. The molecule has 2 heterocycles. The number of hydrogen-bond donors (Lipinski definition) is 1. The number of carbonyl (C=O) groups is 2. The average Bonchev–Trinajstić information content (AvgIpc) is 3.44. The Bertz CT molecular complexity index is 1120. The van der Waals surface area contributed by atoms with Crippen molar-refractivity contribution in [3.05, 3.63) is 96.1 Å². The van der Waals surface area contributed by atoms with Gasteiger partial charge in [0.05, 0.1) is 25.4 Å². The zero-order valence-corrected chi connectivity index (χ0v) is 18.1. The van der Waals surface area contributed by atoms with Gasteiger partial charge in [-0.25, -0.2) is 0 Å². The molecule has 1 N–H and O–H groups in total. The van der Waals surface area contributed by atoms with E-state index >= 15 is 0 Å². The lowest BCUT2D eigenvalue weighted by atomic mass is 9.92. The summed E-state index contributed by atoms with van der Waals surface area (Å²) in [4.78, 5) is 25.5. The third kappa shape index (κ3) is 4.82. The summed E-state index contributed by atoms with van der Waals surface area (Å²) in [6.07, 6.45) is -0.142. The zero-order valence-electron chi connectivity index (χ0n) is 18.1. The summed E-state index contributed by atoms with van der Waals surface area (Å²) in [6, 6.07) is 25.5. The highest BCUT2D eigenvalue weighted by atomic mass is 16.6. The van der Waals surface area contributed by atoms with Gasteiger partial charge in [-0.1, -0.05) is 48.5 Å². The van der Waals surface area contributed by atoms with Crippen molar-refractivity contribution < 1.29 is 23.8 Å². The van der Waals surface area contributed by atoms with Crippen molar-refractivity contribution in [1.29, 1.82) is 0 Å². The summed E-state index contributed by atoms with van der Waals surface area (Å²) < 4.78 is 17.8. The van der Waals surface area contributed by atoms with Crippen molar-refractivity contribution in [1.82, 2.24) is 5.32 Å². The molecule has 0 spiro atoms. The third-order valence-electron chi connectivity index (χ3n) is 6.09. The van der Waals surface area contributed by atoms with Gasteiger partial charge in [-0.3, -0.25) is 9.59 Å². The van der Waals surface area contributed by atoms with Crippen LogP contribution in [0.4, 0.5) is 0 Å². The minimum atomic E-state index is -0.247. The highest BCUT2D eigenvalue weighted by Crippen LogP contribution is 2.34. The molecule has 0 aromatic heterocycles. The normalized spacial score (nSPS) is 23.6. The maximum atomic E-state index is 13.0. The Kier molecular flexibility index (Phi) is 6.19. The van der Waals surface area contributed by atoms with Crippen molar-refractivity contribution in [2.24, 2.45) is 5.92 Å². The van der Waals surface area contributed by atoms with Crippen molar-refractivity contribution in [2.75, 3.05) is 13.2 Å². The second-order valence-electron chi connectivity index (χ2n) is 8.37. The molecule has 0 saturated carbocycles. The molecule has 2 aliphatic rings. The van der Waals surface area contributed by atoms with E-state index in [0.29, 0.717) is 36.5 Å². The first-order valence-electron chi connectivity index (χ1n) is 11.1. The highest BCUT2D eigenvalue weighted by Gasteiger charge is 2.48. The number of fused-ring (bicyclic) bond motifs is 1. The van der Waals surface area contributed by atoms with Crippen LogP contribution < -0.4 is 10.1 Å². The standard InChI is InChI=1S/C27H25NO5/c29-24(19-10-7-13-22(14-19)33-21-11-5-2-6-12-21)15-20-16-31-26-23(17-32-25(20)26)28-27(30)18-8-3-1-4-9-18/h1-14,20,23,25-26H,15-17H2,(H,28,30)/t20-,23-,25+,26+/m0/s1. The van der Waals surface area contributed by atoms with Crippen LogP contribution in [0.3, 0.4) is 0 Å². The average molecular weight is 443 g/mol. The number of Topliss-reactive ketones (excluding diaryl/α,β-unsaturated/α-hetero) is 1. The molecule has 4 atom stereocenters. The molecule has 1 amide bonds. The second kappa shape index (κ2) is 9.57. The minimum absolute atomic E-state index is 0.0168. The zero-order chi connectivity index (χ0) is 22.6. The first-order valence-corrected chi connectivity index (χ1v) is 11.1. The van der Waals surface area contributed by atoms with E-state index in [4.69, 9.17) is 14.2 Å². The molecule has 6 heteroatoms. The lowest BCUT2D eigenvalue weighted by molar-refractivity contribution is 0.0591. The lowest BCUT2D eigenvalue weighted by Gasteiger charge is -2.18. The monoisotopic (exact) mass is 443 g/mol. The number of ketones is 1. The number of ether oxygens (including phenoxy) is 3. The molecule has 3 aromatic carbocycles. The van der Waals surface area contributed by atoms with Crippen molar-refractivity contribution in [3.8, 4) is 11.5 Å². The summed E-state index contributed by atoms with van der Waals surface area (Å²) >= 11 is 0. The molecule has 33 heavy (non-hydrogen) atoms. The van der Waals surface area contributed by atoms with Crippen LogP contribution in [0.5, 0.6) is 11.5 Å². The van der Waals surface area contributed by atoms with E-state index in [0.717, 1.165) is 5.75 Å². The van der Waals surface area contributed by atoms with Crippen LogP contribution in [0, 0.1) is 5.92 Å². The van der Waals surface area contributed by atoms with Gasteiger partial charge in [0.2, 0.25) is 0 Å². The molecule has 2 saturated heterocycles. The van der Waals surface area contributed by atoms with E-state index in [1.165, 1.54) is 0 Å². The largest absolute Gasteiger partial charge is 0.457 e. The smallest absolute Gasteiger partial charge is 0.251 e. The van der Waals surface area contributed by atoms with Crippen LogP contribution in [0.15, 0.2) is 84.9 Å². The van der Waals surface area contributed by atoms with E-state index in [-0.39, 0.29) is 35.9 Å². The van der Waals surface area contributed by atoms with Gasteiger partial charge in [0.1, 0.15) is 17.6 Å². The number of rotatable bonds is 7. The van der Waals surface area contributed by atoms with Crippen molar-refractivity contribution in [3.63, 3.8) is 0 Å². The van der Waals surface area contributed by atoms with E-state index in [1.807, 2.05) is 60.7 Å². The molecule has 5 rings (SSSR count). The predicted molar refractivity (Wildman–Crippen MR) is 123 cm³/mol. The Morgan fingerprint density at radius 1 is 0.788 bits per heavy atom. The van der Waals surface area contributed by atoms with Gasteiger partial charge in [0.25, 0.3) is 5.91 Å². The van der Waals surface area contributed by atoms with Gasteiger partial charge >= 0.3 is 0 Å². The Hall–Kier alpha value is -3.48. The molecule has 3 aromatic rings. The van der Waals surface area contributed by atoms with Gasteiger partial charge in [-0.15, -0.1) is 0 Å². The van der Waals surface area contributed by atoms with Gasteiger partial charge in [0, 0.05) is 23.5 Å². The second-order valence-corrected chi connectivity index (χ2v) is 8.37. The molecule has 168 valence electrons. The van der Waals surface area contributed by atoms with E-state index in [1.54, 1.807) is 24.3 Å². The molecule has 2 aliphatic heterocycles. The fourth-order valence-electron chi connectivity index (χ4n) is 4.43. The molecule has 0 unspecified atom stereocenters. The molecule has 0 radical (unpaired) electrons. The fourth-order valence-corrected chi connectivity index (χ4v) is 4.43. The van der Waals surface area contributed by atoms with Crippen LogP contribution >= 0.6 is 0 Å². The Balaban J connectivity index is 1.19. The SMILES string of the molecule is O=C(C[C@H]1CO[C@H]2[C@@H]1OC[C@@H]2NC(=O)c1ccccc1)c1cccc(Oc2ccccc2)c1. The van der Waals surface area contributed by atoms with Gasteiger partial charge in [-0.2, -0.15) is 0 Å². The van der Waals surface area contributed by atoms with Crippen LogP contribution in [0.2, 0.25) is 0 Å². The third-order valence-corrected chi connectivity index (χ3v) is 6.09. The first kappa shape index (κ1) is 21.4. The number of para-hydroxylation sites is 1. The number of amides is 1. The maximum Gasteiger partial charge on any atom is 0.251 e. The summed E-state index contributed by atoms with van der Waals surface area (Å²) in [6.45, 7) is 0.804. The van der Waals surface area contributed by atoms with Crippen molar-refractivity contribution in [2.45, 2.75) is 24.7 Å². The lowest BCUT2D eigenvalue weighted by Crippen LogP contribution is -2.44. The molecular weight excluding hydrogens is 418 g/mol. The Morgan fingerprint density at radius 2 is 1.45 bits per heavy atom. The van der Waals surface area contributed by atoms with E-state index < -0.39 is 0 Å². The van der Waals surface area contributed by atoms with Gasteiger partial charge < -0.3 is 19.5 Å². The molecular formula is C27H25NO5. The van der Waals surface area contributed by atoms with Crippen LogP contribution in [0.1, 0.15) is 27.1 Å². The molecule has 2 fully saturated rings. The minimum Gasteiger partial charge on any atom is -0.457 e. The van der Waals surface area contributed by atoms with Crippen LogP contribution in [-0.2, 0) is 9.47 Å². The summed E-state index contributed by atoms with van der Waals surface area (Å²) in [5, 5.41) is 3.01. The van der Waals surface area contributed by atoms with Crippen LogP contribution in [-0.4, -0.2) is 43.2 Å². The highest BCUT2D eigenvalue weighted by molar-refractivity contribution is 5.96. The van der Waals surface area contributed by atoms with E-state index in [9.17, 15) is 9.59 Å². The quantitative estimate of drug-likeness (QED) is 0.552. The van der Waals surface area contributed by atoms with E-state index in [2.05, 4.69) is 5.32 Å². The molecule has 0 aliphatic carbocycles. The number of benzene rings is 3. The summed E-state index contributed by atoms with van der Waals surface area (Å²) in [5.74, 6) is 1.15. The van der Waals surface area contributed by atoms with Crippen LogP contribution in [0.25, 0.3) is 0 Å². The Labute approximate surface area is 192 Å². The molecule has 0 bridgehead atoms. The summed E-state index contributed by atoms with van der Waals surface area (Å²) in [5.41, 5.74) is 1.20. The first-order chi connectivity index (χ1) is 16.2. The number of nitrogens with one attached hydrogen (secondary N) is 1. The summed E-state index contributed by atoms with van der Waals surface area (Å²) in [7, 11) is 0. The number of hydrogen-bond acceptors (Lipinski definition) is 5. The number of carbonyl (C=O) groups excluding carboxylic acids is 2. The fraction of sp³-hybridized carbons (Fsp3) is 0.259. The van der Waals surface area contributed by atoms with Gasteiger partial charge in [-0.05, 0) is 36.4 Å². The van der Waals surface area contributed by atoms with Crippen molar-refractivity contribution >= 4 is 11.7 Å². The Morgan fingerprint density at radius 3 is 2.24 bits per heavy atom.